The molecule has 0 saturated heterocycles. The molecular weight excluding hydrogens is 433 g/mol. The Morgan fingerprint density at radius 3 is 2.44 bits per heavy atom. The van der Waals surface area contributed by atoms with Gasteiger partial charge in [0, 0.05) is 11.4 Å². The molecule has 146 valence electrons. The molecule has 0 N–H and O–H groups in total. The smallest absolute Gasteiger partial charge is 0.344 e. The SMILES string of the molecule is CN(Cc1ccc(OCC(=O)OC(C)(C)C)c(Br)c1)Sc1ccc(F)cc1. The Bertz CT molecular complexity index is 778. The highest BCUT2D eigenvalue weighted by Crippen LogP contribution is 2.28. The summed E-state index contributed by atoms with van der Waals surface area (Å²) in [6.07, 6.45) is 0. The van der Waals surface area contributed by atoms with Crippen LogP contribution in [0.3, 0.4) is 0 Å². The van der Waals surface area contributed by atoms with Crippen LogP contribution < -0.4 is 4.74 Å². The van der Waals surface area contributed by atoms with Crippen LogP contribution >= 0.6 is 27.9 Å². The van der Waals surface area contributed by atoms with Crippen LogP contribution in [0.5, 0.6) is 5.75 Å². The molecule has 4 nitrogen and oxygen atoms in total. The molecule has 0 bridgehead atoms. The molecule has 0 spiro atoms. The first kappa shape index (κ1) is 21.7. The van der Waals surface area contributed by atoms with E-state index in [0.717, 1.165) is 14.9 Å². The van der Waals surface area contributed by atoms with Gasteiger partial charge in [-0.2, -0.15) is 0 Å². The van der Waals surface area contributed by atoms with Gasteiger partial charge in [0.15, 0.2) is 6.61 Å². The van der Waals surface area contributed by atoms with E-state index >= 15 is 0 Å². The Morgan fingerprint density at radius 1 is 1.19 bits per heavy atom. The predicted octanol–water partition coefficient (Wildman–Crippen LogP) is 5.45. The van der Waals surface area contributed by atoms with Gasteiger partial charge in [-0.15, -0.1) is 0 Å². The monoisotopic (exact) mass is 455 g/mol. The van der Waals surface area contributed by atoms with Gasteiger partial charge in [-0.05, 0) is 97.7 Å². The third-order valence-electron chi connectivity index (χ3n) is 3.24. The van der Waals surface area contributed by atoms with Crippen LogP contribution in [0.2, 0.25) is 0 Å². The summed E-state index contributed by atoms with van der Waals surface area (Å²) in [7, 11) is 1.97. The van der Waals surface area contributed by atoms with Gasteiger partial charge in [0.05, 0.1) is 4.47 Å². The number of hydrogen-bond donors (Lipinski definition) is 0. The van der Waals surface area contributed by atoms with Crippen LogP contribution in [0.25, 0.3) is 0 Å². The number of halogens is 2. The van der Waals surface area contributed by atoms with Gasteiger partial charge < -0.3 is 9.47 Å². The molecule has 0 saturated carbocycles. The number of ether oxygens (including phenoxy) is 2. The molecule has 7 heteroatoms. The summed E-state index contributed by atoms with van der Waals surface area (Å²) in [5, 5.41) is 0. The number of nitrogens with zero attached hydrogens (tertiary/aromatic N) is 1. The van der Waals surface area contributed by atoms with Crippen molar-refractivity contribution in [3.05, 3.63) is 58.3 Å². The van der Waals surface area contributed by atoms with E-state index in [1.165, 1.54) is 24.1 Å². The summed E-state index contributed by atoms with van der Waals surface area (Å²) in [4.78, 5) is 12.7. The van der Waals surface area contributed by atoms with Gasteiger partial charge in [-0.3, -0.25) is 0 Å². The fourth-order valence-electron chi connectivity index (χ4n) is 2.23. The van der Waals surface area contributed by atoms with Crippen LogP contribution in [0.4, 0.5) is 4.39 Å². The summed E-state index contributed by atoms with van der Waals surface area (Å²) in [5.74, 6) is -0.0692. The molecule has 0 radical (unpaired) electrons. The summed E-state index contributed by atoms with van der Waals surface area (Å²) >= 11 is 5.01. The van der Waals surface area contributed by atoms with Crippen LogP contribution in [-0.4, -0.2) is 29.5 Å². The highest BCUT2D eigenvalue weighted by atomic mass is 79.9. The second kappa shape index (κ2) is 9.57. The Hall–Kier alpha value is -1.57. The van der Waals surface area contributed by atoms with Crippen molar-refractivity contribution in [2.75, 3.05) is 13.7 Å². The largest absolute Gasteiger partial charge is 0.481 e. The molecule has 0 aliphatic heterocycles. The van der Waals surface area contributed by atoms with E-state index in [0.29, 0.717) is 12.3 Å². The molecule has 0 fully saturated rings. The van der Waals surface area contributed by atoms with Gasteiger partial charge in [-0.1, -0.05) is 6.07 Å². The third-order valence-corrected chi connectivity index (χ3v) is 4.79. The topological polar surface area (TPSA) is 38.8 Å². The first-order chi connectivity index (χ1) is 12.6. The Labute approximate surface area is 172 Å². The first-order valence-corrected chi connectivity index (χ1v) is 9.97. The van der Waals surface area contributed by atoms with Gasteiger partial charge in [0.25, 0.3) is 0 Å². The fraction of sp³-hybridized carbons (Fsp3) is 0.350. The van der Waals surface area contributed by atoms with Gasteiger partial charge in [-0.25, -0.2) is 13.5 Å². The number of benzene rings is 2. The summed E-state index contributed by atoms with van der Waals surface area (Å²) < 4.78 is 26.6. The number of rotatable bonds is 7. The normalized spacial score (nSPS) is 11.5. The van der Waals surface area contributed by atoms with Crippen molar-refractivity contribution in [3.63, 3.8) is 0 Å². The predicted molar refractivity (Wildman–Crippen MR) is 109 cm³/mol. The number of esters is 1. The molecule has 2 rings (SSSR count). The molecule has 0 aliphatic rings. The van der Waals surface area contributed by atoms with Crippen molar-refractivity contribution in [3.8, 4) is 5.75 Å². The molecule has 0 aromatic heterocycles. The molecule has 0 heterocycles. The summed E-state index contributed by atoms with van der Waals surface area (Å²) in [6.45, 7) is 5.99. The third kappa shape index (κ3) is 7.91. The zero-order valence-electron chi connectivity index (χ0n) is 15.8. The van der Waals surface area contributed by atoms with E-state index < -0.39 is 11.6 Å². The zero-order chi connectivity index (χ0) is 20.0. The molecule has 2 aromatic rings. The second-order valence-corrected chi connectivity index (χ2v) is 9.10. The lowest BCUT2D eigenvalue weighted by molar-refractivity contribution is -0.157. The highest BCUT2D eigenvalue weighted by Gasteiger charge is 2.17. The van der Waals surface area contributed by atoms with Crippen LogP contribution in [0.15, 0.2) is 51.8 Å². The maximum absolute atomic E-state index is 13.0. The van der Waals surface area contributed by atoms with E-state index in [1.54, 1.807) is 12.1 Å². The van der Waals surface area contributed by atoms with E-state index in [4.69, 9.17) is 9.47 Å². The minimum atomic E-state index is -0.533. The maximum atomic E-state index is 13.0. The molecule has 0 unspecified atom stereocenters. The average molecular weight is 456 g/mol. The van der Waals surface area contributed by atoms with Crippen molar-refractivity contribution in [1.29, 1.82) is 0 Å². The second-order valence-electron chi connectivity index (χ2n) is 6.97. The number of carbonyl (C=O) groups excluding carboxylic acids is 1. The van der Waals surface area contributed by atoms with Crippen molar-refractivity contribution in [2.45, 2.75) is 37.8 Å². The molecule has 2 aromatic carbocycles. The van der Waals surface area contributed by atoms with Crippen LogP contribution in [-0.2, 0) is 16.1 Å². The lowest BCUT2D eigenvalue weighted by Gasteiger charge is -2.20. The molecule has 27 heavy (non-hydrogen) atoms. The number of carbonyl (C=O) groups is 1. The van der Waals surface area contributed by atoms with Crippen LogP contribution in [0.1, 0.15) is 26.3 Å². The summed E-state index contributed by atoms with van der Waals surface area (Å²) in [5.41, 5.74) is 0.539. The van der Waals surface area contributed by atoms with E-state index in [9.17, 15) is 9.18 Å². The molecule has 0 aliphatic carbocycles. The van der Waals surface area contributed by atoms with Crippen molar-refractivity contribution in [2.24, 2.45) is 0 Å². The zero-order valence-corrected chi connectivity index (χ0v) is 18.2. The summed E-state index contributed by atoms with van der Waals surface area (Å²) in [6, 6.07) is 12.1. The minimum absolute atomic E-state index is 0.143. The minimum Gasteiger partial charge on any atom is -0.481 e. The fourth-order valence-corrected chi connectivity index (χ4v) is 3.60. The highest BCUT2D eigenvalue weighted by molar-refractivity contribution is 9.10. The molecule has 0 atom stereocenters. The Balaban J connectivity index is 1.89. The average Bonchev–Trinajstić information content (AvgIpc) is 2.54. The molecular formula is C20H23BrFNO3S. The van der Waals surface area contributed by atoms with E-state index in [1.807, 2.05) is 46.0 Å². The Kier molecular flexibility index (Phi) is 7.70. The quantitative estimate of drug-likeness (QED) is 0.410. The number of hydrogen-bond acceptors (Lipinski definition) is 5. The molecule has 0 amide bonds. The van der Waals surface area contributed by atoms with Gasteiger partial charge >= 0.3 is 5.97 Å². The van der Waals surface area contributed by atoms with E-state index in [2.05, 4.69) is 20.2 Å². The first-order valence-electron chi connectivity index (χ1n) is 8.40. The van der Waals surface area contributed by atoms with Crippen molar-refractivity contribution < 1.29 is 18.7 Å². The van der Waals surface area contributed by atoms with Crippen molar-refractivity contribution >= 4 is 33.8 Å². The maximum Gasteiger partial charge on any atom is 0.344 e. The van der Waals surface area contributed by atoms with Gasteiger partial charge in [0.2, 0.25) is 0 Å². The van der Waals surface area contributed by atoms with Crippen LogP contribution in [0, 0.1) is 5.82 Å². The Morgan fingerprint density at radius 2 is 1.85 bits per heavy atom. The lowest BCUT2D eigenvalue weighted by atomic mass is 10.2. The van der Waals surface area contributed by atoms with E-state index in [-0.39, 0.29) is 12.4 Å². The standard InChI is InChI=1S/C20H23BrFNO3S/c1-20(2,3)26-19(24)13-25-18-10-5-14(11-17(18)21)12-23(4)27-16-8-6-15(22)7-9-16/h5-11H,12-13H2,1-4H3. The van der Waals surface area contributed by atoms with Crippen molar-refractivity contribution in [1.82, 2.24) is 4.31 Å². The van der Waals surface area contributed by atoms with Gasteiger partial charge in [0.1, 0.15) is 17.2 Å². The lowest BCUT2D eigenvalue weighted by Crippen LogP contribution is -2.27.